The largest absolute Gasteiger partial charge is 0.308 e. The van der Waals surface area contributed by atoms with Gasteiger partial charge in [-0.05, 0) is 27.2 Å². The summed E-state index contributed by atoms with van der Waals surface area (Å²) in [5.41, 5.74) is 2.43. The summed E-state index contributed by atoms with van der Waals surface area (Å²) in [5, 5.41) is 7.96. The molecule has 0 aliphatic rings. The molecule has 0 aliphatic heterocycles. The van der Waals surface area contributed by atoms with E-state index in [4.69, 9.17) is 0 Å². The summed E-state index contributed by atoms with van der Waals surface area (Å²) >= 11 is 0. The molecule has 1 heterocycles. The molecule has 3 heteroatoms. The summed E-state index contributed by atoms with van der Waals surface area (Å²) in [7, 11) is 1.97. The standard InChI is InChI=1S/C12H23N3/c1-6-7-9(2)13-10(3)12-8-15(5)14-11(12)4/h8-10,13H,6-7H2,1-5H3. The number of hydrogen-bond donors (Lipinski definition) is 1. The van der Waals surface area contributed by atoms with Crippen LogP contribution in [-0.4, -0.2) is 15.8 Å². The Hall–Kier alpha value is -0.830. The van der Waals surface area contributed by atoms with Gasteiger partial charge in [-0.25, -0.2) is 0 Å². The van der Waals surface area contributed by atoms with Gasteiger partial charge in [-0.1, -0.05) is 13.3 Å². The zero-order valence-corrected chi connectivity index (χ0v) is 10.5. The lowest BCUT2D eigenvalue weighted by Crippen LogP contribution is -2.28. The minimum absolute atomic E-state index is 0.389. The molecule has 0 bridgehead atoms. The zero-order valence-electron chi connectivity index (χ0n) is 10.5. The van der Waals surface area contributed by atoms with Gasteiger partial charge in [0.1, 0.15) is 0 Å². The van der Waals surface area contributed by atoms with Gasteiger partial charge < -0.3 is 5.32 Å². The Morgan fingerprint density at radius 1 is 1.47 bits per heavy atom. The fraction of sp³-hybridized carbons (Fsp3) is 0.750. The minimum atomic E-state index is 0.389. The van der Waals surface area contributed by atoms with E-state index in [0.717, 1.165) is 5.69 Å². The minimum Gasteiger partial charge on any atom is -0.308 e. The highest BCUT2D eigenvalue weighted by Crippen LogP contribution is 2.16. The van der Waals surface area contributed by atoms with Crippen LogP contribution >= 0.6 is 0 Å². The van der Waals surface area contributed by atoms with Gasteiger partial charge in [-0.3, -0.25) is 4.68 Å². The van der Waals surface area contributed by atoms with Crippen molar-refractivity contribution in [3.8, 4) is 0 Å². The van der Waals surface area contributed by atoms with Crippen LogP contribution in [0.4, 0.5) is 0 Å². The Bertz CT molecular complexity index is 304. The molecule has 1 aromatic heterocycles. The number of aromatic nitrogens is 2. The van der Waals surface area contributed by atoms with Gasteiger partial charge in [0.2, 0.25) is 0 Å². The van der Waals surface area contributed by atoms with Gasteiger partial charge in [0.25, 0.3) is 0 Å². The molecule has 0 aliphatic carbocycles. The lowest BCUT2D eigenvalue weighted by Gasteiger charge is -2.19. The van der Waals surface area contributed by atoms with Gasteiger partial charge in [-0.15, -0.1) is 0 Å². The van der Waals surface area contributed by atoms with Crippen LogP contribution in [0, 0.1) is 6.92 Å². The van der Waals surface area contributed by atoms with E-state index in [1.807, 2.05) is 11.7 Å². The zero-order chi connectivity index (χ0) is 11.4. The summed E-state index contributed by atoms with van der Waals surface area (Å²) in [6.45, 7) is 8.73. The van der Waals surface area contributed by atoms with Crippen molar-refractivity contribution in [3.63, 3.8) is 0 Å². The normalized spacial score (nSPS) is 15.3. The van der Waals surface area contributed by atoms with Gasteiger partial charge in [0.15, 0.2) is 0 Å². The topological polar surface area (TPSA) is 29.9 Å². The quantitative estimate of drug-likeness (QED) is 0.807. The van der Waals surface area contributed by atoms with Gasteiger partial charge in [0.05, 0.1) is 5.69 Å². The predicted molar refractivity (Wildman–Crippen MR) is 63.9 cm³/mol. The van der Waals surface area contributed by atoms with Crippen LogP contribution in [0.5, 0.6) is 0 Å². The average molecular weight is 209 g/mol. The maximum atomic E-state index is 4.36. The molecule has 2 unspecified atom stereocenters. The molecule has 3 nitrogen and oxygen atoms in total. The van der Waals surface area contributed by atoms with Crippen molar-refractivity contribution in [2.45, 2.75) is 52.6 Å². The van der Waals surface area contributed by atoms with E-state index in [1.54, 1.807) is 0 Å². The maximum Gasteiger partial charge on any atom is 0.0641 e. The van der Waals surface area contributed by atoms with Crippen molar-refractivity contribution in [1.29, 1.82) is 0 Å². The molecule has 1 aromatic rings. The smallest absolute Gasteiger partial charge is 0.0641 e. The number of hydrogen-bond acceptors (Lipinski definition) is 2. The van der Waals surface area contributed by atoms with Gasteiger partial charge in [0, 0.05) is 30.9 Å². The molecular weight excluding hydrogens is 186 g/mol. The Labute approximate surface area is 92.9 Å². The highest BCUT2D eigenvalue weighted by molar-refractivity contribution is 5.19. The summed E-state index contributed by atoms with van der Waals surface area (Å²) in [6, 6.07) is 0.963. The first-order chi connectivity index (χ1) is 7.04. The van der Waals surface area contributed by atoms with Crippen molar-refractivity contribution in [3.05, 3.63) is 17.5 Å². The number of nitrogens with zero attached hydrogens (tertiary/aromatic N) is 2. The second kappa shape index (κ2) is 5.31. The molecule has 15 heavy (non-hydrogen) atoms. The van der Waals surface area contributed by atoms with E-state index in [1.165, 1.54) is 18.4 Å². The van der Waals surface area contributed by atoms with Crippen molar-refractivity contribution < 1.29 is 0 Å². The third-order valence-electron chi connectivity index (χ3n) is 2.77. The van der Waals surface area contributed by atoms with Crippen molar-refractivity contribution in [2.24, 2.45) is 7.05 Å². The van der Waals surface area contributed by atoms with Crippen LogP contribution in [-0.2, 0) is 7.05 Å². The van der Waals surface area contributed by atoms with Crippen molar-refractivity contribution >= 4 is 0 Å². The first kappa shape index (κ1) is 12.2. The SMILES string of the molecule is CCCC(C)NC(C)c1cn(C)nc1C. The highest BCUT2D eigenvalue weighted by Gasteiger charge is 2.13. The van der Waals surface area contributed by atoms with Crippen LogP contribution < -0.4 is 5.32 Å². The van der Waals surface area contributed by atoms with Gasteiger partial charge in [-0.2, -0.15) is 5.10 Å². The van der Waals surface area contributed by atoms with Crippen LogP contribution in [0.25, 0.3) is 0 Å². The molecule has 1 rings (SSSR count). The van der Waals surface area contributed by atoms with Crippen LogP contribution in [0.2, 0.25) is 0 Å². The van der Waals surface area contributed by atoms with E-state index in [2.05, 4.69) is 44.3 Å². The van der Waals surface area contributed by atoms with E-state index in [0.29, 0.717) is 12.1 Å². The first-order valence-corrected chi connectivity index (χ1v) is 5.80. The fourth-order valence-electron chi connectivity index (χ4n) is 2.08. The van der Waals surface area contributed by atoms with Crippen molar-refractivity contribution in [2.75, 3.05) is 0 Å². The van der Waals surface area contributed by atoms with Crippen LogP contribution in [0.3, 0.4) is 0 Å². The lowest BCUT2D eigenvalue weighted by molar-refractivity contribution is 0.451. The number of aryl methyl sites for hydroxylation is 2. The third-order valence-corrected chi connectivity index (χ3v) is 2.77. The molecule has 0 spiro atoms. The molecule has 2 atom stereocenters. The highest BCUT2D eigenvalue weighted by atomic mass is 15.3. The Morgan fingerprint density at radius 2 is 2.13 bits per heavy atom. The summed E-state index contributed by atoms with van der Waals surface area (Å²) in [5.74, 6) is 0. The summed E-state index contributed by atoms with van der Waals surface area (Å²) < 4.78 is 1.88. The molecule has 0 fully saturated rings. The lowest BCUT2D eigenvalue weighted by atomic mass is 10.1. The second-order valence-corrected chi connectivity index (χ2v) is 4.42. The molecule has 1 N–H and O–H groups in total. The van der Waals surface area contributed by atoms with Crippen LogP contribution in [0.15, 0.2) is 6.20 Å². The summed E-state index contributed by atoms with van der Waals surface area (Å²) in [6.07, 6.45) is 4.56. The van der Waals surface area contributed by atoms with E-state index in [-0.39, 0.29) is 0 Å². The Balaban J connectivity index is 2.60. The molecule has 0 amide bonds. The van der Waals surface area contributed by atoms with Crippen molar-refractivity contribution in [1.82, 2.24) is 15.1 Å². The molecule has 0 radical (unpaired) electrons. The summed E-state index contributed by atoms with van der Waals surface area (Å²) in [4.78, 5) is 0. The van der Waals surface area contributed by atoms with E-state index in [9.17, 15) is 0 Å². The predicted octanol–water partition coefficient (Wildman–Crippen LogP) is 2.57. The van der Waals surface area contributed by atoms with E-state index >= 15 is 0 Å². The molecule has 0 saturated carbocycles. The van der Waals surface area contributed by atoms with E-state index < -0.39 is 0 Å². The van der Waals surface area contributed by atoms with Crippen LogP contribution in [0.1, 0.15) is 50.9 Å². The number of rotatable bonds is 5. The number of nitrogens with one attached hydrogen (secondary N) is 1. The Kier molecular flexibility index (Phi) is 4.33. The average Bonchev–Trinajstić information content (AvgIpc) is 2.45. The fourth-order valence-corrected chi connectivity index (χ4v) is 2.08. The maximum absolute atomic E-state index is 4.36. The second-order valence-electron chi connectivity index (χ2n) is 4.42. The van der Waals surface area contributed by atoms with Gasteiger partial charge >= 0.3 is 0 Å². The Morgan fingerprint density at radius 3 is 2.60 bits per heavy atom. The monoisotopic (exact) mass is 209 g/mol. The molecule has 86 valence electrons. The third kappa shape index (κ3) is 3.34. The first-order valence-electron chi connectivity index (χ1n) is 5.80. The molecular formula is C12H23N3. The molecule has 0 aromatic carbocycles. The molecule has 0 saturated heterocycles.